The molecule has 0 spiro atoms. The van der Waals surface area contributed by atoms with Gasteiger partial charge in [0.1, 0.15) is 17.3 Å². The average molecular weight is 392 g/mol. The van der Waals surface area contributed by atoms with Crippen LogP contribution < -0.4 is 11.1 Å². The van der Waals surface area contributed by atoms with Gasteiger partial charge >= 0.3 is 0 Å². The second-order valence-electron chi connectivity index (χ2n) is 6.33. The number of hydrogen-bond donors (Lipinski definition) is 2. The highest BCUT2D eigenvalue weighted by molar-refractivity contribution is 6.05. The second-order valence-corrected chi connectivity index (χ2v) is 6.33. The highest BCUT2D eigenvalue weighted by atomic mass is 19.1. The number of nitrogen functional groups attached to an aromatic ring is 1. The molecule has 0 aliphatic carbocycles. The van der Waals surface area contributed by atoms with Gasteiger partial charge in [-0.2, -0.15) is 0 Å². The monoisotopic (exact) mass is 392 g/mol. The van der Waals surface area contributed by atoms with Gasteiger partial charge in [-0.15, -0.1) is 5.10 Å². The zero-order valence-electron chi connectivity index (χ0n) is 15.5. The predicted molar refractivity (Wildman–Crippen MR) is 105 cm³/mol. The number of amides is 1. The Morgan fingerprint density at radius 2 is 2.00 bits per heavy atom. The summed E-state index contributed by atoms with van der Waals surface area (Å²) in [5, 5.41) is 10.3. The molecule has 0 fully saturated rings. The number of rotatable bonds is 5. The van der Waals surface area contributed by atoms with E-state index in [0.717, 1.165) is 5.56 Å². The van der Waals surface area contributed by atoms with Gasteiger partial charge in [0.2, 0.25) is 5.89 Å². The molecule has 0 saturated carbocycles. The van der Waals surface area contributed by atoms with Gasteiger partial charge in [0, 0.05) is 11.3 Å². The SMILES string of the molecule is Cc1oc(-c2ccccc2)nc1Cn1nnc(C(=O)Nc2cccc(F)c2)c1N. The second kappa shape index (κ2) is 7.55. The number of anilines is 2. The topological polar surface area (TPSA) is 112 Å². The van der Waals surface area contributed by atoms with Gasteiger partial charge < -0.3 is 15.5 Å². The Balaban J connectivity index is 1.53. The number of benzene rings is 2. The van der Waals surface area contributed by atoms with Crippen molar-refractivity contribution in [2.45, 2.75) is 13.5 Å². The lowest BCUT2D eigenvalue weighted by atomic mass is 10.2. The Labute approximate surface area is 165 Å². The van der Waals surface area contributed by atoms with E-state index < -0.39 is 11.7 Å². The fourth-order valence-corrected chi connectivity index (χ4v) is 2.78. The van der Waals surface area contributed by atoms with Gasteiger partial charge in [-0.1, -0.05) is 29.5 Å². The van der Waals surface area contributed by atoms with Crippen LogP contribution in [0.4, 0.5) is 15.9 Å². The Morgan fingerprint density at radius 3 is 2.76 bits per heavy atom. The fourth-order valence-electron chi connectivity index (χ4n) is 2.78. The number of nitrogens with two attached hydrogens (primary N) is 1. The van der Waals surface area contributed by atoms with Crippen LogP contribution in [-0.4, -0.2) is 25.9 Å². The van der Waals surface area contributed by atoms with E-state index in [1.807, 2.05) is 30.3 Å². The van der Waals surface area contributed by atoms with Gasteiger partial charge in [-0.05, 0) is 37.3 Å². The van der Waals surface area contributed by atoms with Crippen LogP contribution >= 0.6 is 0 Å². The van der Waals surface area contributed by atoms with Crippen LogP contribution in [0.2, 0.25) is 0 Å². The standard InChI is InChI=1S/C20H17FN6O2/c1-12-16(24-20(29-12)13-6-3-2-4-7-13)11-27-18(22)17(25-26-27)19(28)23-15-9-5-8-14(21)10-15/h2-10H,11,22H2,1H3,(H,23,28). The summed E-state index contributed by atoms with van der Waals surface area (Å²) in [6, 6.07) is 15.0. The molecule has 29 heavy (non-hydrogen) atoms. The molecule has 0 saturated heterocycles. The van der Waals surface area contributed by atoms with Crippen LogP contribution in [0.5, 0.6) is 0 Å². The highest BCUT2D eigenvalue weighted by Gasteiger charge is 2.20. The quantitative estimate of drug-likeness (QED) is 0.539. The van der Waals surface area contributed by atoms with Crippen molar-refractivity contribution in [2.24, 2.45) is 0 Å². The summed E-state index contributed by atoms with van der Waals surface area (Å²) in [6.45, 7) is 1.98. The van der Waals surface area contributed by atoms with Crippen LogP contribution in [0, 0.1) is 12.7 Å². The lowest BCUT2D eigenvalue weighted by Gasteiger charge is -2.04. The minimum absolute atomic E-state index is 0.0568. The summed E-state index contributed by atoms with van der Waals surface area (Å²) < 4.78 is 20.4. The molecule has 146 valence electrons. The van der Waals surface area contributed by atoms with E-state index in [1.54, 1.807) is 13.0 Å². The van der Waals surface area contributed by atoms with Crippen molar-refractivity contribution in [1.29, 1.82) is 0 Å². The molecule has 2 aromatic carbocycles. The molecular weight excluding hydrogens is 375 g/mol. The summed E-state index contributed by atoms with van der Waals surface area (Å²) >= 11 is 0. The molecular formula is C20H17FN6O2. The lowest BCUT2D eigenvalue weighted by Crippen LogP contribution is -2.15. The minimum atomic E-state index is -0.582. The van der Waals surface area contributed by atoms with E-state index in [-0.39, 0.29) is 18.1 Å². The van der Waals surface area contributed by atoms with Crippen molar-refractivity contribution in [1.82, 2.24) is 20.0 Å². The van der Waals surface area contributed by atoms with Gasteiger partial charge in [-0.25, -0.2) is 14.1 Å². The van der Waals surface area contributed by atoms with E-state index >= 15 is 0 Å². The average Bonchev–Trinajstić information content (AvgIpc) is 3.26. The van der Waals surface area contributed by atoms with Crippen LogP contribution in [0.1, 0.15) is 21.9 Å². The molecule has 2 aromatic heterocycles. The fraction of sp³-hybridized carbons (Fsp3) is 0.100. The molecule has 8 nitrogen and oxygen atoms in total. The lowest BCUT2D eigenvalue weighted by molar-refractivity contribution is 0.102. The third kappa shape index (κ3) is 3.84. The molecule has 4 rings (SSSR count). The number of hydrogen-bond acceptors (Lipinski definition) is 6. The van der Waals surface area contributed by atoms with Gasteiger partial charge in [0.05, 0.1) is 6.54 Å². The Morgan fingerprint density at radius 1 is 1.21 bits per heavy atom. The first-order valence-electron chi connectivity index (χ1n) is 8.79. The van der Waals surface area contributed by atoms with E-state index in [2.05, 4.69) is 20.6 Å². The maximum atomic E-state index is 13.3. The number of aromatic nitrogens is 4. The first-order chi connectivity index (χ1) is 14.0. The maximum absolute atomic E-state index is 13.3. The van der Waals surface area contributed by atoms with Gasteiger partial charge in [0.25, 0.3) is 5.91 Å². The van der Waals surface area contributed by atoms with Crippen molar-refractivity contribution in [2.75, 3.05) is 11.1 Å². The molecule has 4 aromatic rings. The van der Waals surface area contributed by atoms with Crippen molar-refractivity contribution < 1.29 is 13.6 Å². The van der Waals surface area contributed by atoms with E-state index in [0.29, 0.717) is 23.0 Å². The number of halogens is 1. The number of nitrogens with one attached hydrogen (secondary N) is 1. The normalized spacial score (nSPS) is 10.8. The third-order valence-corrected chi connectivity index (χ3v) is 4.28. The number of nitrogens with zero attached hydrogens (tertiary/aromatic N) is 4. The summed E-state index contributed by atoms with van der Waals surface area (Å²) in [5.74, 6) is 0.129. The number of aryl methyl sites for hydroxylation is 1. The number of carbonyl (C=O) groups is 1. The maximum Gasteiger partial charge on any atom is 0.280 e. The summed E-state index contributed by atoms with van der Waals surface area (Å²) in [5.41, 5.74) is 7.76. The van der Waals surface area contributed by atoms with Crippen molar-refractivity contribution in [3.05, 3.63) is 77.6 Å². The molecule has 0 aliphatic rings. The molecule has 0 bridgehead atoms. The van der Waals surface area contributed by atoms with Crippen molar-refractivity contribution in [3.8, 4) is 11.5 Å². The van der Waals surface area contributed by atoms with Crippen molar-refractivity contribution >= 4 is 17.4 Å². The Kier molecular flexibility index (Phi) is 4.78. The zero-order valence-corrected chi connectivity index (χ0v) is 15.5. The summed E-state index contributed by atoms with van der Waals surface area (Å²) in [4.78, 5) is 16.9. The van der Waals surface area contributed by atoms with E-state index in [9.17, 15) is 9.18 Å². The molecule has 9 heteroatoms. The van der Waals surface area contributed by atoms with Crippen LogP contribution in [0.3, 0.4) is 0 Å². The smallest absolute Gasteiger partial charge is 0.280 e. The van der Waals surface area contributed by atoms with Crippen LogP contribution in [0.25, 0.3) is 11.5 Å². The van der Waals surface area contributed by atoms with E-state index in [1.165, 1.54) is 22.9 Å². The summed E-state index contributed by atoms with van der Waals surface area (Å²) in [7, 11) is 0. The Bertz CT molecular complexity index is 1170. The molecule has 2 heterocycles. The van der Waals surface area contributed by atoms with Gasteiger partial charge in [0.15, 0.2) is 11.5 Å². The highest BCUT2D eigenvalue weighted by Crippen LogP contribution is 2.22. The first-order valence-corrected chi connectivity index (χ1v) is 8.79. The van der Waals surface area contributed by atoms with Crippen molar-refractivity contribution in [3.63, 3.8) is 0 Å². The first kappa shape index (κ1) is 18.4. The minimum Gasteiger partial charge on any atom is -0.441 e. The molecule has 0 aliphatic heterocycles. The summed E-state index contributed by atoms with van der Waals surface area (Å²) in [6.07, 6.45) is 0. The molecule has 0 unspecified atom stereocenters. The molecule has 1 amide bonds. The molecule has 3 N–H and O–H groups in total. The van der Waals surface area contributed by atoms with Gasteiger partial charge in [-0.3, -0.25) is 4.79 Å². The Hall–Kier alpha value is -4.01. The van der Waals surface area contributed by atoms with E-state index in [4.69, 9.17) is 10.2 Å². The zero-order chi connectivity index (χ0) is 20.4. The third-order valence-electron chi connectivity index (χ3n) is 4.28. The number of carbonyl (C=O) groups excluding carboxylic acids is 1. The van der Waals surface area contributed by atoms with Crippen LogP contribution in [-0.2, 0) is 6.54 Å². The van der Waals surface area contributed by atoms with Crippen LogP contribution in [0.15, 0.2) is 59.0 Å². The predicted octanol–water partition coefficient (Wildman–Crippen LogP) is 3.26. The molecule has 0 radical (unpaired) electrons. The number of oxazole rings is 1. The molecule has 0 atom stereocenters. The largest absolute Gasteiger partial charge is 0.441 e.